The number of hydrogen-bond donors (Lipinski definition) is 1. The third kappa shape index (κ3) is 5.43. The van der Waals surface area contributed by atoms with Gasteiger partial charge in [0.05, 0.1) is 0 Å². The van der Waals surface area contributed by atoms with Gasteiger partial charge in [-0.2, -0.15) is 0 Å². The van der Waals surface area contributed by atoms with Crippen molar-refractivity contribution < 1.29 is 4.79 Å². The van der Waals surface area contributed by atoms with E-state index in [0.717, 1.165) is 62.6 Å². The Hall–Kier alpha value is -2.75. The van der Waals surface area contributed by atoms with Crippen molar-refractivity contribution in [3.63, 3.8) is 0 Å². The molecule has 0 radical (unpaired) electrons. The van der Waals surface area contributed by atoms with E-state index in [1.54, 1.807) is 11.3 Å². The van der Waals surface area contributed by atoms with Gasteiger partial charge in [-0.3, -0.25) is 19.2 Å². The fourth-order valence-electron chi connectivity index (χ4n) is 4.51. The first-order valence-electron chi connectivity index (χ1n) is 11.8. The van der Waals surface area contributed by atoms with Crippen LogP contribution in [0.15, 0.2) is 48.7 Å². The maximum absolute atomic E-state index is 12.8. The summed E-state index contributed by atoms with van der Waals surface area (Å²) < 4.78 is 1.84. The lowest BCUT2D eigenvalue weighted by Gasteiger charge is -2.34. The van der Waals surface area contributed by atoms with E-state index in [2.05, 4.69) is 60.5 Å². The zero-order valence-corrected chi connectivity index (χ0v) is 19.7. The van der Waals surface area contributed by atoms with E-state index < -0.39 is 0 Å². The summed E-state index contributed by atoms with van der Waals surface area (Å²) in [7, 11) is 0. The number of nitrogens with zero attached hydrogens (tertiary/aromatic N) is 6. The predicted octanol–water partition coefficient (Wildman–Crippen LogP) is 2.48. The SMILES string of the molecule is O=C(NCCN1CCN(Cc2ccccc2)CC1)c1cccn1-c1nnc(N2CCCC2)s1. The first kappa shape index (κ1) is 22.1. The zero-order chi connectivity index (χ0) is 22.5. The van der Waals surface area contributed by atoms with Crippen molar-refractivity contribution in [3.05, 3.63) is 59.9 Å². The van der Waals surface area contributed by atoms with Gasteiger partial charge in [0, 0.05) is 65.1 Å². The van der Waals surface area contributed by atoms with Crippen molar-refractivity contribution >= 4 is 22.4 Å². The van der Waals surface area contributed by atoms with Crippen LogP contribution in [-0.4, -0.2) is 82.8 Å². The monoisotopic (exact) mass is 465 g/mol. The molecule has 2 aliphatic heterocycles. The van der Waals surface area contributed by atoms with Crippen LogP contribution in [0.2, 0.25) is 0 Å². The fraction of sp³-hybridized carbons (Fsp3) is 0.458. The second kappa shape index (κ2) is 10.5. The maximum atomic E-state index is 12.8. The number of rotatable bonds is 8. The summed E-state index contributed by atoms with van der Waals surface area (Å²) in [5, 5.41) is 13.4. The summed E-state index contributed by atoms with van der Waals surface area (Å²) in [5.41, 5.74) is 1.97. The van der Waals surface area contributed by atoms with Gasteiger partial charge < -0.3 is 10.2 Å². The maximum Gasteiger partial charge on any atom is 0.268 e. The van der Waals surface area contributed by atoms with Crippen molar-refractivity contribution in [2.75, 3.05) is 57.3 Å². The van der Waals surface area contributed by atoms with Gasteiger partial charge in [0.25, 0.3) is 5.91 Å². The molecule has 0 saturated carbocycles. The Morgan fingerprint density at radius 2 is 1.61 bits per heavy atom. The molecule has 1 aromatic carbocycles. The Morgan fingerprint density at radius 3 is 2.39 bits per heavy atom. The normalized spacial score (nSPS) is 17.5. The minimum atomic E-state index is -0.0689. The van der Waals surface area contributed by atoms with Crippen molar-refractivity contribution in [3.8, 4) is 5.13 Å². The van der Waals surface area contributed by atoms with Crippen LogP contribution < -0.4 is 10.2 Å². The topological polar surface area (TPSA) is 69.5 Å². The summed E-state index contributed by atoms with van der Waals surface area (Å²) in [4.78, 5) is 20.0. The van der Waals surface area contributed by atoms with Gasteiger partial charge in [-0.15, -0.1) is 10.2 Å². The summed E-state index contributed by atoms with van der Waals surface area (Å²) in [6.07, 6.45) is 4.29. The lowest BCUT2D eigenvalue weighted by atomic mass is 10.2. The molecule has 8 nitrogen and oxygen atoms in total. The van der Waals surface area contributed by atoms with Gasteiger partial charge in [-0.25, -0.2) is 0 Å². The largest absolute Gasteiger partial charge is 0.349 e. The van der Waals surface area contributed by atoms with Crippen LogP contribution in [0.1, 0.15) is 28.9 Å². The van der Waals surface area contributed by atoms with E-state index in [1.165, 1.54) is 18.4 Å². The van der Waals surface area contributed by atoms with E-state index >= 15 is 0 Å². The highest BCUT2D eigenvalue weighted by Crippen LogP contribution is 2.27. The minimum Gasteiger partial charge on any atom is -0.349 e. The van der Waals surface area contributed by atoms with Crippen LogP contribution in [0, 0.1) is 0 Å². The number of piperazine rings is 1. The molecule has 0 unspecified atom stereocenters. The molecule has 2 aliphatic rings. The summed E-state index contributed by atoms with van der Waals surface area (Å²) in [5.74, 6) is -0.0689. The molecule has 4 heterocycles. The minimum absolute atomic E-state index is 0.0689. The van der Waals surface area contributed by atoms with Crippen LogP contribution in [0.5, 0.6) is 0 Å². The van der Waals surface area contributed by atoms with Crippen LogP contribution in [0.25, 0.3) is 5.13 Å². The molecule has 1 N–H and O–H groups in total. The van der Waals surface area contributed by atoms with Crippen LogP contribution in [-0.2, 0) is 6.54 Å². The number of benzene rings is 1. The highest BCUT2D eigenvalue weighted by molar-refractivity contribution is 7.17. The first-order chi connectivity index (χ1) is 16.3. The number of aromatic nitrogens is 3. The average Bonchev–Trinajstić information content (AvgIpc) is 3.62. The lowest BCUT2D eigenvalue weighted by Crippen LogP contribution is -2.48. The Labute approximate surface area is 198 Å². The molecule has 0 atom stereocenters. The third-order valence-electron chi connectivity index (χ3n) is 6.40. The second-order valence-corrected chi connectivity index (χ2v) is 9.62. The molecule has 33 heavy (non-hydrogen) atoms. The number of carbonyl (C=O) groups excluding carboxylic acids is 1. The van der Waals surface area contributed by atoms with Crippen LogP contribution in [0.3, 0.4) is 0 Å². The van der Waals surface area contributed by atoms with Crippen molar-refractivity contribution in [1.82, 2.24) is 29.9 Å². The second-order valence-electron chi connectivity index (χ2n) is 8.68. The van der Waals surface area contributed by atoms with E-state index in [4.69, 9.17) is 0 Å². The van der Waals surface area contributed by atoms with Gasteiger partial charge in [0.1, 0.15) is 5.69 Å². The molecule has 1 amide bonds. The molecule has 174 valence electrons. The summed E-state index contributed by atoms with van der Waals surface area (Å²) >= 11 is 1.54. The van der Waals surface area contributed by atoms with Crippen LogP contribution in [0.4, 0.5) is 5.13 Å². The van der Waals surface area contributed by atoms with Gasteiger partial charge in [-0.05, 0) is 30.5 Å². The summed E-state index contributed by atoms with van der Waals surface area (Å²) in [6, 6.07) is 14.4. The molecule has 5 rings (SSSR count). The Kier molecular flexibility index (Phi) is 6.99. The van der Waals surface area contributed by atoms with Gasteiger partial charge >= 0.3 is 0 Å². The van der Waals surface area contributed by atoms with Crippen molar-refractivity contribution in [2.45, 2.75) is 19.4 Å². The lowest BCUT2D eigenvalue weighted by molar-refractivity contribution is 0.0927. The number of hydrogen-bond acceptors (Lipinski definition) is 7. The smallest absolute Gasteiger partial charge is 0.268 e. The highest BCUT2D eigenvalue weighted by atomic mass is 32.1. The van der Waals surface area contributed by atoms with Gasteiger partial charge in [0.15, 0.2) is 0 Å². The van der Waals surface area contributed by atoms with E-state index in [1.807, 2.05) is 22.9 Å². The molecule has 0 aliphatic carbocycles. The number of anilines is 1. The average molecular weight is 466 g/mol. The molecule has 2 saturated heterocycles. The van der Waals surface area contributed by atoms with E-state index in [-0.39, 0.29) is 5.91 Å². The predicted molar refractivity (Wildman–Crippen MR) is 131 cm³/mol. The van der Waals surface area contributed by atoms with E-state index in [9.17, 15) is 4.79 Å². The quantitative estimate of drug-likeness (QED) is 0.551. The third-order valence-corrected chi connectivity index (χ3v) is 7.38. The molecular weight excluding hydrogens is 434 g/mol. The molecule has 3 aromatic rings. The fourth-order valence-corrected chi connectivity index (χ4v) is 5.40. The Morgan fingerprint density at radius 1 is 0.879 bits per heavy atom. The number of amides is 1. The highest BCUT2D eigenvalue weighted by Gasteiger charge is 2.20. The molecule has 0 spiro atoms. The van der Waals surface area contributed by atoms with Gasteiger partial charge in [0.2, 0.25) is 10.3 Å². The first-order valence-corrected chi connectivity index (χ1v) is 12.6. The zero-order valence-electron chi connectivity index (χ0n) is 18.9. The number of nitrogens with one attached hydrogen (secondary N) is 1. The van der Waals surface area contributed by atoms with Gasteiger partial charge in [-0.1, -0.05) is 41.7 Å². The summed E-state index contributed by atoms with van der Waals surface area (Å²) in [6.45, 7) is 8.76. The molecule has 2 aromatic heterocycles. The standard InChI is InChI=1S/C24H31N7OS/c32-22(21-9-6-13-31(21)24-27-26-23(33-24)30-11-4-5-12-30)25-10-14-28-15-17-29(18-16-28)19-20-7-2-1-3-8-20/h1-3,6-9,13H,4-5,10-12,14-19H2,(H,25,32). The van der Waals surface area contributed by atoms with E-state index in [0.29, 0.717) is 12.2 Å². The van der Waals surface area contributed by atoms with Crippen molar-refractivity contribution in [1.29, 1.82) is 0 Å². The van der Waals surface area contributed by atoms with Crippen LogP contribution >= 0.6 is 11.3 Å². The molecule has 2 fully saturated rings. The van der Waals surface area contributed by atoms with Crippen molar-refractivity contribution in [2.24, 2.45) is 0 Å². The Bertz CT molecular complexity index is 1040. The Balaban J connectivity index is 1.08. The molecular formula is C24H31N7OS. The molecule has 0 bridgehead atoms. The molecule has 9 heteroatoms. The number of carbonyl (C=O) groups is 1.